The molecule has 8 nitrogen and oxygen atoms in total. The van der Waals surface area contributed by atoms with Crippen molar-refractivity contribution in [1.29, 1.82) is 0 Å². The second kappa shape index (κ2) is 6.70. The highest BCUT2D eigenvalue weighted by Gasteiger charge is 2.27. The minimum atomic E-state index is -3.69. The number of morpholine rings is 1. The van der Waals surface area contributed by atoms with Crippen LogP contribution in [-0.2, 0) is 19.6 Å². The van der Waals surface area contributed by atoms with Gasteiger partial charge in [0.2, 0.25) is 15.9 Å². The molecule has 0 spiro atoms. The molecule has 24 heavy (non-hydrogen) atoms. The van der Waals surface area contributed by atoms with Crippen molar-refractivity contribution in [3.63, 3.8) is 0 Å². The van der Waals surface area contributed by atoms with E-state index in [-0.39, 0.29) is 18.3 Å². The smallest absolute Gasteiger partial charge is 0.243 e. The zero-order valence-electron chi connectivity index (χ0n) is 13.3. The van der Waals surface area contributed by atoms with Gasteiger partial charge in [-0.15, -0.1) is 0 Å². The lowest BCUT2D eigenvalue weighted by Crippen LogP contribution is -2.47. The standard InChI is InChI=1S/C15H18N4O4S/c1-24(21,22)19(11-13(20)18-7-9-23-10-8-18)15-14-12(4-6-17-15)3-2-5-16-14/h2-6H,7-11H2,1H3. The van der Waals surface area contributed by atoms with E-state index in [9.17, 15) is 13.2 Å². The Kier molecular flexibility index (Phi) is 4.63. The monoisotopic (exact) mass is 350 g/mol. The molecule has 0 aliphatic carbocycles. The van der Waals surface area contributed by atoms with E-state index in [1.807, 2.05) is 6.07 Å². The van der Waals surface area contributed by atoms with Crippen LogP contribution in [0.15, 0.2) is 30.6 Å². The number of rotatable bonds is 4. The van der Waals surface area contributed by atoms with E-state index >= 15 is 0 Å². The summed E-state index contributed by atoms with van der Waals surface area (Å²) in [4.78, 5) is 22.5. The van der Waals surface area contributed by atoms with E-state index in [2.05, 4.69) is 9.97 Å². The van der Waals surface area contributed by atoms with E-state index < -0.39 is 10.0 Å². The summed E-state index contributed by atoms with van der Waals surface area (Å²) in [6.07, 6.45) is 4.14. The molecule has 1 aliphatic rings. The Hall–Kier alpha value is -2.26. The molecule has 0 unspecified atom stereocenters. The van der Waals surface area contributed by atoms with Crippen LogP contribution in [0.5, 0.6) is 0 Å². The third kappa shape index (κ3) is 3.46. The Morgan fingerprint density at radius 3 is 2.71 bits per heavy atom. The summed E-state index contributed by atoms with van der Waals surface area (Å²) in [6, 6.07) is 5.32. The van der Waals surface area contributed by atoms with Crippen LogP contribution in [0, 0.1) is 0 Å². The summed E-state index contributed by atoms with van der Waals surface area (Å²) >= 11 is 0. The number of aromatic nitrogens is 2. The predicted octanol–water partition coefficient (Wildman–Crippen LogP) is 0.255. The van der Waals surface area contributed by atoms with Crippen molar-refractivity contribution in [2.45, 2.75) is 0 Å². The molecule has 0 bridgehead atoms. The zero-order valence-corrected chi connectivity index (χ0v) is 14.1. The fourth-order valence-electron chi connectivity index (χ4n) is 2.56. The van der Waals surface area contributed by atoms with Crippen molar-refractivity contribution in [3.05, 3.63) is 30.6 Å². The van der Waals surface area contributed by atoms with Crippen LogP contribution >= 0.6 is 0 Å². The van der Waals surface area contributed by atoms with Crippen LogP contribution < -0.4 is 4.31 Å². The van der Waals surface area contributed by atoms with E-state index in [1.165, 1.54) is 6.20 Å². The maximum atomic E-state index is 12.5. The molecule has 3 rings (SSSR count). The molecular weight excluding hydrogens is 332 g/mol. The van der Waals surface area contributed by atoms with Crippen LogP contribution in [-0.4, -0.2) is 68.3 Å². The molecule has 2 aromatic rings. The van der Waals surface area contributed by atoms with Gasteiger partial charge in [-0.2, -0.15) is 0 Å². The van der Waals surface area contributed by atoms with Crippen LogP contribution in [0.1, 0.15) is 0 Å². The summed E-state index contributed by atoms with van der Waals surface area (Å²) in [5.74, 6) is -0.115. The van der Waals surface area contributed by atoms with Crippen LogP contribution in [0.3, 0.4) is 0 Å². The first-order chi connectivity index (χ1) is 11.5. The molecule has 1 amide bonds. The number of nitrogens with zero attached hydrogens (tertiary/aromatic N) is 4. The van der Waals surface area contributed by atoms with E-state index in [0.717, 1.165) is 15.9 Å². The van der Waals surface area contributed by atoms with Crippen molar-refractivity contribution in [2.75, 3.05) is 43.4 Å². The van der Waals surface area contributed by atoms with Crippen molar-refractivity contribution < 1.29 is 17.9 Å². The number of hydrogen-bond acceptors (Lipinski definition) is 6. The minimum absolute atomic E-state index is 0.164. The van der Waals surface area contributed by atoms with Crippen LogP contribution in [0.25, 0.3) is 10.9 Å². The second-order valence-corrected chi connectivity index (χ2v) is 7.38. The fourth-order valence-corrected chi connectivity index (χ4v) is 3.35. The van der Waals surface area contributed by atoms with Gasteiger partial charge in [-0.3, -0.25) is 9.78 Å². The molecule has 1 aliphatic heterocycles. The molecule has 1 fully saturated rings. The predicted molar refractivity (Wildman–Crippen MR) is 89.1 cm³/mol. The number of fused-ring (bicyclic) bond motifs is 1. The Morgan fingerprint density at radius 2 is 2.00 bits per heavy atom. The van der Waals surface area contributed by atoms with Crippen LogP contribution in [0.4, 0.5) is 5.82 Å². The van der Waals surface area contributed by atoms with Gasteiger partial charge in [0.15, 0.2) is 5.82 Å². The molecule has 1 saturated heterocycles. The van der Waals surface area contributed by atoms with Crippen molar-refractivity contribution in [2.24, 2.45) is 0 Å². The van der Waals surface area contributed by atoms with Gasteiger partial charge in [0.05, 0.1) is 19.5 Å². The molecule has 2 aromatic heterocycles. The SMILES string of the molecule is CS(=O)(=O)N(CC(=O)N1CCOCC1)c1nccc2cccnc12. The molecule has 128 valence electrons. The summed E-state index contributed by atoms with van der Waals surface area (Å²) < 4.78 is 30.7. The van der Waals surface area contributed by atoms with E-state index in [1.54, 1.807) is 23.2 Å². The molecule has 0 radical (unpaired) electrons. The number of pyridine rings is 2. The quantitative estimate of drug-likeness (QED) is 0.785. The van der Waals surface area contributed by atoms with Gasteiger partial charge in [0.1, 0.15) is 12.1 Å². The zero-order chi connectivity index (χ0) is 17.2. The van der Waals surface area contributed by atoms with Crippen LogP contribution in [0.2, 0.25) is 0 Å². The third-order valence-electron chi connectivity index (χ3n) is 3.78. The number of sulfonamides is 1. The Morgan fingerprint density at radius 1 is 1.25 bits per heavy atom. The first-order valence-corrected chi connectivity index (χ1v) is 9.34. The molecule has 0 atom stereocenters. The summed E-state index contributed by atoms with van der Waals surface area (Å²) in [6.45, 7) is 1.52. The minimum Gasteiger partial charge on any atom is -0.378 e. The number of anilines is 1. The molecule has 0 saturated carbocycles. The summed E-state index contributed by atoms with van der Waals surface area (Å²) in [7, 11) is -3.69. The first kappa shape index (κ1) is 16.6. The van der Waals surface area contributed by atoms with Gasteiger partial charge in [0.25, 0.3) is 0 Å². The summed E-state index contributed by atoms with van der Waals surface area (Å²) in [5.41, 5.74) is 0.445. The Labute approximate surface area is 140 Å². The maximum absolute atomic E-state index is 12.5. The fraction of sp³-hybridized carbons (Fsp3) is 0.400. The van der Waals surface area contributed by atoms with Gasteiger partial charge >= 0.3 is 0 Å². The summed E-state index contributed by atoms with van der Waals surface area (Å²) in [5, 5.41) is 0.759. The lowest BCUT2D eigenvalue weighted by atomic mass is 10.2. The second-order valence-electron chi connectivity index (χ2n) is 5.47. The molecule has 3 heterocycles. The number of hydrogen-bond donors (Lipinski definition) is 0. The molecule has 0 aromatic carbocycles. The van der Waals surface area contributed by atoms with Gasteiger partial charge in [-0.1, -0.05) is 6.07 Å². The number of carbonyl (C=O) groups excluding carboxylic acids is 1. The van der Waals surface area contributed by atoms with Gasteiger partial charge in [0, 0.05) is 30.9 Å². The molecule has 9 heteroatoms. The Balaban J connectivity index is 1.96. The van der Waals surface area contributed by atoms with Crippen molar-refractivity contribution in [3.8, 4) is 0 Å². The lowest BCUT2D eigenvalue weighted by molar-refractivity contribution is -0.133. The average molecular weight is 350 g/mol. The first-order valence-electron chi connectivity index (χ1n) is 7.50. The van der Waals surface area contributed by atoms with E-state index in [4.69, 9.17) is 4.74 Å². The molecule has 0 N–H and O–H groups in total. The average Bonchev–Trinajstić information content (AvgIpc) is 2.59. The highest BCUT2D eigenvalue weighted by Crippen LogP contribution is 2.24. The van der Waals surface area contributed by atoms with Crippen molar-refractivity contribution >= 4 is 32.7 Å². The van der Waals surface area contributed by atoms with Gasteiger partial charge in [-0.25, -0.2) is 17.7 Å². The van der Waals surface area contributed by atoms with Gasteiger partial charge in [-0.05, 0) is 12.1 Å². The lowest BCUT2D eigenvalue weighted by Gasteiger charge is -2.29. The van der Waals surface area contributed by atoms with Gasteiger partial charge < -0.3 is 9.64 Å². The normalized spacial score (nSPS) is 15.5. The maximum Gasteiger partial charge on any atom is 0.243 e. The van der Waals surface area contributed by atoms with Crippen molar-refractivity contribution in [1.82, 2.24) is 14.9 Å². The largest absolute Gasteiger partial charge is 0.378 e. The number of amides is 1. The van der Waals surface area contributed by atoms with E-state index in [0.29, 0.717) is 31.8 Å². The highest BCUT2D eigenvalue weighted by molar-refractivity contribution is 7.92. The third-order valence-corrected chi connectivity index (χ3v) is 4.88. The number of carbonyl (C=O) groups is 1. The highest BCUT2D eigenvalue weighted by atomic mass is 32.2. The molecular formula is C15H18N4O4S. The Bertz CT molecular complexity index is 844. The number of ether oxygens (including phenoxy) is 1. The topological polar surface area (TPSA) is 92.7 Å².